The maximum absolute atomic E-state index is 13.3. The zero-order valence-corrected chi connectivity index (χ0v) is 22.2. The molecule has 38 heavy (non-hydrogen) atoms. The van der Waals surface area contributed by atoms with Crippen LogP contribution in [0.4, 0.5) is 5.82 Å². The lowest BCUT2D eigenvalue weighted by Gasteiger charge is -2.21. The standard InChI is InChI=1S/C29H31N3O5S/c1-2-16-32(18-20-6-7-20)38(34,35)23-11-8-21(9-12-23)24-4-3-5-27(30-24)31-28(33)29(14-15-29)22-10-13-25-26(17-22)37-19-36-25/h3-5,8-13,17,20H,2,6-7,14-16,18-19H2,1H3,(H,30,31,33). The van der Waals surface area contributed by atoms with Crippen molar-refractivity contribution < 1.29 is 22.7 Å². The molecular weight excluding hydrogens is 502 g/mol. The molecule has 1 amide bonds. The van der Waals surface area contributed by atoms with Crippen molar-refractivity contribution in [2.45, 2.75) is 49.3 Å². The molecule has 3 aliphatic rings. The maximum atomic E-state index is 13.3. The lowest BCUT2D eigenvalue weighted by Crippen LogP contribution is -2.33. The van der Waals surface area contributed by atoms with Gasteiger partial charge in [-0.2, -0.15) is 4.31 Å². The summed E-state index contributed by atoms with van der Waals surface area (Å²) < 4.78 is 39.0. The molecule has 2 fully saturated rings. The molecule has 2 aromatic carbocycles. The van der Waals surface area contributed by atoms with Crippen molar-refractivity contribution in [1.82, 2.24) is 9.29 Å². The fourth-order valence-corrected chi connectivity index (χ4v) is 6.57. The molecule has 2 aliphatic carbocycles. The molecule has 198 valence electrons. The van der Waals surface area contributed by atoms with Crippen molar-refractivity contribution in [2.75, 3.05) is 25.2 Å². The van der Waals surface area contributed by atoms with Crippen LogP contribution in [0.15, 0.2) is 65.6 Å². The summed E-state index contributed by atoms with van der Waals surface area (Å²) in [5, 5.41) is 2.99. The number of pyridine rings is 1. The van der Waals surface area contributed by atoms with Gasteiger partial charge in [-0.25, -0.2) is 13.4 Å². The van der Waals surface area contributed by atoms with Gasteiger partial charge in [0, 0.05) is 18.7 Å². The third-order valence-electron chi connectivity index (χ3n) is 7.52. The second-order valence-electron chi connectivity index (χ2n) is 10.3. The molecule has 3 aromatic rings. The fraction of sp³-hybridized carbons (Fsp3) is 0.379. The molecule has 0 atom stereocenters. The van der Waals surface area contributed by atoms with Crippen molar-refractivity contribution in [3.8, 4) is 22.8 Å². The van der Waals surface area contributed by atoms with Gasteiger partial charge in [0.15, 0.2) is 11.5 Å². The first-order chi connectivity index (χ1) is 18.4. The Balaban J connectivity index is 1.18. The summed E-state index contributed by atoms with van der Waals surface area (Å²) in [6, 6.07) is 17.9. The molecule has 0 spiro atoms. The molecule has 2 saturated carbocycles. The second-order valence-corrected chi connectivity index (χ2v) is 12.3. The van der Waals surface area contributed by atoms with Crippen LogP contribution in [-0.4, -0.2) is 43.5 Å². The van der Waals surface area contributed by atoms with Crippen molar-refractivity contribution >= 4 is 21.7 Å². The van der Waals surface area contributed by atoms with E-state index in [-0.39, 0.29) is 12.7 Å². The Morgan fingerprint density at radius 1 is 1.05 bits per heavy atom. The number of hydrogen-bond acceptors (Lipinski definition) is 6. The minimum Gasteiger partial charge on any atom is -0.454 e. The molecule has 1 aromatic heterocycles. The first-order valence-corrected chi connectivity index (χ1v) is 14.6. The van der Waals surface area contributed by atoms with E-state index in [4.69, 9.17) is 9.47 Å². The Labute approximate surface area is 223 Å². The van der Waals surface area contributed by atoms with Crippen LogP contribution in [0.5, 0.6) is 11.5 Å². The number of nitrogens with one attached hydrogen (secondary N) is 1. The van der Waals surface area contributed by atoms with Gasteiger partial charge in [0.2, 0.25) is 22.7 Å². The van der Waals surface area contributed by atoms with Crippen LogP contribution >= 0.6 is 0 Å². The Bertz CT molecular complexity index is 1460. The summed E-state index contributed by atoms with van der Waals surface area (Å²) in [6.07, 6.45) is 4.49. The average Bonchev–Trinajstić information content (AvgIpc) is 3.86. The van der Waals surface area contributed by atoms with Crippen LogP contribution in [-0.2, 0) is 20.2 Å². The number of aromatic nitrogens is 1. The molecular formula is C29H31N3O5S. The molecule has 1 aliphatic heterocycles. The second kappa shape index (κ2) is 9.71. The molecule has 0 bridgehead atoms. The van der Waals surface area contributed by atoms with E-state index in [0.29, 0.717) is 46.9 Å². The highest BCUT2D eigenvalue weighted by Crippen LogP contribution is 2.51. The minimum atomic E-state index is -3.54. The van der Waals surface area contributed by atoms with Gasteiger partial charge in [0.05, 0.1) is 16.0 Å². The van der Waals surface area contributed by atoms with Crippen molar-refractivity contribution in [1.29, 1.82) is 0 Å². The number of anilines is 1. The van der Waals surface area contributed by atoms with Gasteiger partial charge in [0.1, 0.15) is 5.82 Å². The van der Waals surface area contributed by atoms with E-state index in [2.05, 4.69) is 10.3 Å². The molecule has 8 nitrogen and oxygen atoms in total. The number of benzene rings is 2. The van der Waals surface area contributed by atoms with Crippen LogP contribution < -0.4 is 14.8 Å². The molecule has 0 saturated heterocycles. The Morgan fingerprint density at radius 2 is 1.82 bits per heavy atom. The molecule has 0 radical (unpaired) electrons. The van der Waals surface area contributed by atoms with Crippen molar-refractivity contribution in [3.05, 3.63) is 66.2 Å². The monoisotopic (exact) mass is 533 g/mol. The largest absolute Gasteiger partial charge is 0.454 e. The summed E-state index contributed by atoms with van der Waals surface area (Å²) in [5.74, 6) is 2.19. The van der Waals surface area contributed by atoms with E-state index in [9.17, 15) is 13.2 Å². The number of rotatable bonds is 10. The van der Waals surface area contributed by atoms with E-state index in [1.165, 1.54) is 0 Å². The van der Waals surface area contributed by atoms with Crippen molar-refractivity contribution in [3.63, 3.8) is 0 Å². The average molecular weight is 534 g/mol. The van der Waals surface area contributed by atoms with E-state index >= 15 is 0 Å². The molecule has 2 heterocycles. The van der Waals surface area contributed by atoms with Gasteiger partial charge in [0.25, 0.3) is 0 Å². The fourth-order valence-electron chi connectivity index (χ4n) is 4.96. The lowest BCUT2D eigenvalue weighted by molar-refractivity contribution is -0.118. The zero-order valence-electron chi connectivity index (χ0n) is 21.4. The van der Waals surface area contributed by atoms with Crippen LogP contribution in [0, 0.1) is 5.92 Å². The summed E-state index contributed by atoms with van der Waals surface area (Å²) in [6.45, 7) is 3.31. The predicted octanol–water partition coefficient (Wildman–Crippen LogP) is 4.96. The molecule has 9 heteroatoms. The van der Waals surface area contributed by atoms with Gasteiger partial charge in [-0.05, 0) is 80.0 Å². The summed E-state index contributed by atoms with van der Waals surface area (Å²) >= 11 is 0. The van der Waals surface area contributed by atoms with Crippen LogP contribution in [0.25, 0.3) is 11.3 Å². The topological polar surface area (TPSA) is 97.8 Å². The normalized spacial score (nSPS) is 17.4. The molecule has 1 N–H and O–H groups in total. The highest BCUT2D eigenvalue weighted by atomic mass is 32.2. The van der Waals surface area contributed by atoms with Gasteiger partial charge < -0.3 is 14.8 Å². The smallest absolute Gasteiger partial charge is 0.243 e. The number of hydrogen-bond donors (Lipinski definition) is 1. The van der Waals surface area contributed by atoms with Crippen LogP contribution in [0.1, 0.15) is 44.6 Å². The first-order valence-electron chi connectivity index (χ1n) is 13.2. The van der Waals surface area contributed by atoms with Crippen LogP contribution in [0.3, 0.4) is 0 Å². The minimum absolute atomic E-state index is 0.103. The Kier molecular flexibility index (Phi) is 6.36. The quantitative estimate of drug-likeness (QED) is 0.396. The molecule has 6 rings (SSSR count). The van der Waals surface area contributed by atoms with Gasteiger partial charge in [-0.15, -0.1) is 0 Å². The Morgan fingerprint density at radius 3 is 2.53 bits per heavy atom. The number of carbonyl (C=O) groups excluding carboxylic acids is 1. The maximum Gasteiger partial charge on any atom is 0.243 e. The number of amides is 1. The van der Waals surface area contributed by atoms with Gasteiger partial charge in [-0.3, -0.25) is 4.79 Å². The number of nitrogens with zero attached hydrogens (tertiary/aromatic N) is 2. The molecule has 0 unspecified atom stereocenters. The van der Waals surface area contributed by atoms with E-state index in [1.54, 1.807) is 34.6 Å². The third-order valence-corrected chi connectivity index (χ3v) is 9.40. The predicted molar refractivity (Wildman–Crippen MR) is 144 cm³/mol. The van der Waals surface area contributed by atoms with E-state index in [0.717, 1.165) is 43.2 Å². The highest BCUT2D eigenvalue weighted by molar-refractivity contribution is 7.89. The third kappa shape index (κ3) is 4.76. The number of carbonyl (C=O) groups is 1. The Hall–Kier alpha value is -3.43. The van der Waals surface area contributed by atoms with Crippen molar-refractivity contribution in [2.24, 2.45) is 5.92 Å². The number of sulfonamides is 1. The zero-order chi connectivity index (χ0) is 26.3. The van der Waals surface area contributed by atoms with E-state index in [1.807, 2.05) is 37.3 Å². The summed E-state index contributed by atoms with van der Waals surface area (Å²) in [5.41, 5.74) is 1.75. The van der Waals surface area contributed by atoms with Gasteiger partial charge in [-0.1, -0.05) is 31.2 Å². The van der Waals surface area contributed by atoms with E-state index < -0.39 is 15.4 Å². The summed E-state index contributed by atoms with van der Waals surface area (Å²) in [7, 11) is -3.54. The lowest BCUT2D eigenvalue weighted by atomic mass is 9.94. The number of fused-ring (bicyclic) bond motifs is 1. The SMILES string of the molecule is CCCN(CC1CC1)S(=O)(=O)c1ccc(-c2cccc(NC(=O)C3(c4ccc5c(c4)OCO5)CC3)n2)cc1. The number of ether oxygens (including phenoxy) is 2. The van der Waals surface area contributed by atoms with Gasteiger partial charge >= 0.3 is 0 Å². The first kappa shape index (κ1) is 24.9. The summed E-state index contributed by atoms with van der Waals surface area (Å²) in [4.78, 5) is 18.2. The van der Waals surface area contributed by atoms with Crippen LogP contribution in [0.2, 0.25) is 0 Å². The highest BCUT2D eigenvalue weighted by Gasteiger charge is 2.51.